The van der Waals surface area contributed by atoms with Crippen molar-refractivity contribution in [3.05, 3.63) is 40.1 Å². The zero-order chi connectivity index (χ0) is 25.6. The zero-order valence-electron chi connectivity index (χ0n) is 21.1. The lowest BCUT2D eigenvalue weighted by atomic mass is 9.96. The predicted molar refractivity (Wildman–Crippen MR) is 141 cm³/mol. The molecule has 5 rings (SSSR count). The van der Waals surface area contributed by atoms with Gasteiger partial charge in [-0.25, -0.2) is 0 Å². The van der Waals surface area contributed by atoms with Crippen LogP contribution in [0.1, 0.15) is 31.7 Å². The molecule has 0 aromatic heterocycles. The monoisotopic (exact) mass is 513 g/mol. The van der Waals surface area contributed by atoms with Crippen LogP contribution in [0.15, 0.2) is 34.5 Å². The number of fused-ring (bicyclic) bond motifs is 1. The molecule has 2 aliphatic heterocycles. The number of amides is 2. The maximum absolute atomic E-state index is 13.1. The predicted octanol–water partition coefficient (Wildman–Crippen LogP) is 2.22. The molecule has 4 aliphatic rings. The molecule has 3 N–H and O–H groups in total. The van der Waals surface area contributed by atoms with E-state index in [0.29, 0.717) is 44.4 Å². The van der Waals surface area contributed by atoms with Crippen LogP contribution in [0.4, 0.5) is 5.69 Å². The second-order valence-electron chi connectivity index (χ2n) is 10.7. The Morgan fingerprint density at radius 2 is 1.92 bits per heavy atom. The molecular formula is C27H36ClN5O3. The summed E-state index contributed by atoms with van der Waals surface area (Å²) in [4.78, 5) is 36.7. The number of aliphatic hydroxyl groups is 1. The molecule has 2 heterocycles. The van der Waals surface area contributed by atoms with Crippen LogP contribution in [0, 0.1) is 24.7 Å². The molecule has 36 heavy (non-hydrogen) atoms. The number of nitrogens with zero attached hydrogens (tertiary/aromatic N) is 4. The van der Waals surface area contributed by atoms with Gasteiger partial charge < -0.3 is 25.5 Å². The van der Waals surface area contributed by atoms with Crippen molar-refractivity contribution in [2.75, 3.05) is 50.7 Å². The van der Waals surface area contributed by atoms with E-state index in [0.717, 1.165) is 53.5 Å². The lowest BCUT2D eigenvalue weighted by molar-refractivity contribution is -0.131. The van der Waals surface area contributed by atoms with Gasteiger partial charge in [0.15, 0.2) is 0 Å². The number of aliphatic hydroxyl groups excluding tert-OH is 1. The van der Waals surface area contributed by atoms with Gasteiger partial charge in [0.2, 0.25) is 5.91 Å². The third-order valence-corrected chi connectivity index (χ3v) is 8.75. The Bertz CT molecular complexity index is 1110. The maximum Gasteiger partial charge on any atom is 0.270 e. The van der Waals surface area contributed by atoms with Crippen LogP contribution in [0.2, 0.25) is 5.02 Å². The van der Waals surface area contributed by atoms with Crippen molar-refractivity contribution in [1.29, 1.82) is 0 Å². The molecule has 1 aromatic rings. The minimum Gasteiger partial charge on any atom is -0.394 e. The highest BCUT2D eigenvalue weighted by molar-refractivity contribution is 6.31. The largest absolute Gasteiger partial charge is 0.394 e. The highest BCUT2D eigenvalue weighted by Crippen LogP contribution is 2.54. The number of aliphatic imine (C=N–C) groups is 1. The van der Waals surface area contributed by atoms with Gasteiger partial charge >= 0.3 is 0 Å². The summed E-state index contributed by atoms with van der Waals surface area (Å²) < 4.78 is 0. The molecule has 9 heteroatoms. The van der Waals surface area contributed by atoms with Gasteiger partial charge in [-0.1, -0.05) is 24.6 Å². The number of rotatable bonds is 4. The van der Waals surface area contributed by atoms with Gasteiger partial charge in [-0.3, -0.25) is 14.6 Å². The smallest absolute Gasteiger partial charge is 0.270 e. The van der Waals surface area contributed by atoms with E-state index < -0.39 is 0 Å². The van der Waals surface area contributed by atoms with E-state index in [1.807, 2.05) is 30.9 Å². The molecule has 4 atom stereocenters. The van der Waals surface area contributed by atoms with E-state index in [1.54, 1.807) is 4.90 Å². The Balaban J connectivity index is 1.21. The summed E-state index contributed by atoms with van der Waals surface area (Å²) in [7, 11) is 0. The van der Waals surface area contributed by atoms with Crippen molar-refractivity contribution in [3.8, 4) is 0 Å². The number of carbonyl (C=O) groups is 2. The van der Waals surface area contributed by atoms with E-state index in [9.17, 15) is 14.7 Å². The second-order valence-corrected chi connectivity index (χ2v) is 11.1. The van der Waals surface area contributed by atoms with Crippen molar-refractivity contribution >= 4 is 34.8 Å². The molecule has 0 spiro atoms. The molecule has 0 radical (unpaired) electrons. The number of allylic oxidation sites excluding steroid dienone is 1. The molecule has 194 valence electrons. The Labute approximate surface area is 217 Å². The minimum absolute atomic E-state index is 0.00799. The van der Waals surface area contributed by atoms with E-state index >= 15 is 0 Å². The number of piperidine rings is 1. The van der Waals surface area contributed by atoms with Crippen LogP contribution in [0.5, 0.6) is 0 Å². The first kappa shape index (κ1) is 25.1. The average molecular weight is 514 g/mol. The summed E-state index contributed by atoms with van der Waals surface area (Å²) in [5, 5.41) is 10.8. The minimum atomic E-state index is -0.373. The van der Waals surface area contributed by atoms with E-state index in [-0.39, 0.29) is 36.1 Å². The lowest BCUT2D eigenvalue weighted by Gasteiger charge is -2.36. The normalized spacial score (nSPS) is 30.4. The number of benzene rings is 1. The van der Waals surface area contributed by atoms with Crippen molar-refractivity contribution in [1.82, 2.24) is 9.80 Å². The molecule has 2 saturated heterocycles. The number of nitrogens with two attached hydrogens (primary N) is 1. The first-order valence-corrected chi connectivity index (χ1v) is 13.4. The Morgan fingerprint density at radius 1 is 1.17 bits per heavy atom. The summed E-state index contributed by atoms with van der Waals surface area (Å²) in [6.45, 7) is 7.87. The van der Waals surface area contributed by atoms with Crippen LogP contribution < -0.4 is 10.6 Å². The Kier molecular flexibility index (Phi) is 7.01. The number of hydrogen-bond acceptors (Lipinski definition) is 6. The summed E-state index contributed by atoms with van der Waals surface area (Å²) in [6, 6.07) is 5.93. The molecule has 2 aliphatic carbocycles. The van der Waals surface area contributed by atoms with Gasteiger partial charge in [-0.2, -0.15) is 0 Å². The van der Waals surface area contributed by atoms with E-state index in [1.165, 1.54) is 0 Å². The lowest BCUT2D eigenvalue weighted by Crippen LogP contribution is -2.49. The fourth-order valence-corrected chi connectivity index (χ4v) is 6.08. The molecule has 0 unspecified atom stereocenters. The second kappa shape index (κ2) is 10.1. The fourth-order valence-electron chi connectivity index (χ4n) is 5.91. The quantitative estimate of drug-likeness (QED) is 0.601. The van der Waals surface area contributed by atoms with Crippen molar-refractivity contribution in [3.63, 3.8) is 0 Å². The van der Waals surface area contributed by atoms with Crippen molar-refractivity contribution < 1.29 is 14.7 Å². The molecular weight excluding hydrogens is 478 g/mol. The van der Waals surface area contributed by atoms with E-state index in [4.69, 9.17) is 17.3 Å². The van der Waals surface area contributed by atoms with Gasteiger partial charge in [0, 0.05) is 61.3 Å². The van der Waals surface area contributed by atoms with Crippen molar-refractivity contribution in [2.24, 2.45) is 28.5 Å². The van der Waals surface area contributed by atoms with Crippen LogP contribution in [0.25, 0.3) is 0 Å². The third-order valence-electron chi connectivity index (χ3n) is 8.34. The molecule has 1 aromatic carbocycles. The van der Waals surface area contributed by atoms with Crippen LogP contribution in [0.3, 0.4) is 0 Å². The van der Waals surface area contributed by atoms with Crippen LogP contribution in [-0.4, -0.2) is 84.3 Å². The van der Waals surface area contributed by atoms with Gasteiger partial charge in [0.05, 0.1) is 6.10 Å². The van der Waals surface area contributed by atoms with E-state index in [2.05, 4.69) is 16.0 Å². The average Bonchev–Trinajstić information content (AvgIpc) is 3.55. The van der Waals surface area contributed by atoms with Gasteiger partial charge in [0.25, 0.3) is 5.91 Å². The number of hydrogen-bond donors (Lipinski definition) is 2. The molecule has 2 amide bonds. The standard InChI is InChI=1S/C27H36ClN5O3/c1-16-15-33(7-6-23(16)34)27(36)26(29)25-19-12-18(19)13-21(25)30-14-24(35)32-10-8-31(9-11-32)22-5-3-4-20(28)17(22)2/h3-5,16,18-19,23,34H,6-15,29H2,1-2H3/t16-,18+,19+,23+/m0/s1. The molecule has 4 fully saturated rings. The highest BCUT2D eigenvalue weighted by atomic mass is 35.5. The van der Waals surface area contributed by atoms with Gasteiger partial charge in [-0.15, -0.1) is 0 Å². The molecule has 0 bridgehead atoms. The molecule has 8 nitrogen and oxygen atoms in total. The summed E-state index contributed by atoms with van der Waals surface area (Å²) in [5.41, 5.74) is 10.6. The van der Waals surface area contributed by atoms with Gasteiger partial charge in [-0.05, 0) is 61.6 Å². The molecule has 2 saturated carbocycles. The van der Waals surface area contributed by atoms with Crippen LogP contribution in [-0.2, 0) is 9.59 Å². The number of likely N-dealkylation sites (tertiary alicyclic amines) is 1. The van der Waals surface area contributed by atoms with Crippen LogP contribution >= 0.6 is 11.6 Å². The fraction of sp³-hybridized carbons (Fsp3) is 0.593. The Hall–Kier alpha value is -2.58. The topological polar surface area (TPSA) is 102 Å². The number of halogens is 1. The number of piperazine rings is 1. The summed E-state index contributed by atoms with van der Waals surface area (Å²) >= 11 is 6.29. The SMILES string of the molecule is Cc1c(Cl)cccc1N1CCN(C(=O)CN=C2C[C@H]3C[C@H]3C2=C(N)C(=O)N2CC[C@@H](O)[C@@H](C)C2)CC1. The summed E-state index contributed by atoms with van der Waals surface area (Å²) in [6.07, 6.45) is 2.03. The summed E-state index contributed by atoms with van der Waals surface area (Å²) in [5.74, 6) is 0.662. The third kappa shape index (κ3) is 4.85. The maximum atomic E-state index is 13.1. The first-order chi connectivity index (χ1) is 17.2. The van der Waals surface area contributed by atoms with Crippen molar-refractivity contribution in [2.45, 2.75) is 39.2 Å². The zero-order valence-corrected chi connectivity index (χ0v) is 21.9. The Morgan fingerprint density at radius 3 is 2.64 bits per heavy atom. The first-order valence-electron chi connectivity index (χ1n) is 13.0. The van der Waals surface area contributed by atoms with Gasteiger partial charge in [0.1, 0.15) is 12.2 Å². The number of carbonyl (C=O) groups excluding carboxylic acids is 2. The highest BCUT2D eigenvalue weighted by Gasteiger charge is 2.50. The number of anilines is 1.